The first kappa shape index (κ1) is 28.6. The minimum absolute atomic E-state index is 0.000217. The Labute approximate surface area is 227 Å². The number of nitrogens with one attached hydrogen (secondary N) is 1. The summed E-state index contributed by atoms with van der Waals surface area (Å²) in [7, 11) is -3.85. The molecule has 1 fully saturated rings. The van der Waals surface area contributed by atoms with Crippen LogP contribution in [0.25, 0.3) is 0 Å². The van der Waals surface area contributed by atoms with Crippen LogP contribution in [-0.4, -0.2) is 50.0 Å². The highest BCUT2D eigenvalue weighted by molar-refractivity contribution is 7.92. The number of nitrogens with zero attached hydrogens (tertiary/aromatic N) is 2. The Morgan fingerprint density at radius 1 is 1.08 bits per heavy atom. The van der Waals surface area contributed by atoms with Gasteiger partial charge in [-0.3, -0.25) is 13.9 Å². The van der Waals surface area contributed by atoms with Crippen molar-refractivity contribution in [3.8, 4) is 0 Å². The van der Waals surface area contributed by atoms with E-state index >= 15 is 0 Å². The van der Waals surface area contributed by atoms with Gasteiger partial charge in [0.15, 0.2) is 0 Å². The van der Waals surface area contributed by atoms with E-state index in [2.05, 4.69) is 5.32 Å². The molecule has 1 unspecified atom stereocenters. The zero-order valence-corrected chi connectivity index (χ0v) is 23.5. The summed E-state index contributed by atoms with van der Waals surface area (Å²) in [5.41, 5.74) is 1.40. The molecule has 2 aromatic rings. The van der Waals surface area contributed by atoms with Crippen LogP contribution >= 0.6 is 34.8 Å². The van der Waals surface area contributed by atoms with E-state index in [0.29, 0.717) is 31.9 Å². The van der Waals surface area contributed by atoms with Gasteiger partial charge in [0.25, 0.3) is 0 Å². The Balaban J connectivity index is 1.94. The number of carbonyl (C=O) groups excluding carboxylic acids is 2. The van der Waals surface area contributed by atoms with Crippen LogP contribution in [0.1, 0.15) is 43.7 Å². The first-order chi connectivity index (χ1) is 16.9. The average molecular weight is 575 g/mol. The standard InChI is InChI=1S/C25H30Cl3N3O4S/c1-16-21(27)9-6-10-23(16)31(36(3,34)35)15-24(32)30(14-18-11-12-19(26)13-22(18)28)17(2)25(33)29-20-7-4-5-8-20/h6,9-13,17,20H,4-5,7-8,14-15H2,1-3H3,(H,29,33). The SMILES string of the molecule is Cc1c(Cl)cccc1N(CC(=O)N(Cc1ccc(Cl)cc1Cl)C(C)C(=O)NC1CCCC1)S(C)(=O)=O. The van der Waals surface area contributed by atoms with Crippen molar-refractivity contribution in [2.24, 2.45) is 0 Å². The molecular formula is C25H30Cl3N3O4S. The van der Waals surface area contributed by atoms with E-state index in [1.165, 1.54) is 4.90 Å². The van der Waals surface area contributed by atoms with Gasteiger partial charge in [0.2, 0.25) is 21.8 Å². The third-order valence-electron chi connectivity index (χ3n) is 6.41. The fourth-order valence-corrected chi connectivity index (χ4v) is 5.81. The number of halogens is 3. The summed E-state index contributed by atoms with van der Waals surface area (Å²) in [4.78, 5) is 28.1. The zero-order valence-electron chi connectivity index (χ0n) is 20.4. The second-order valence-electron chi connectivity index (χ2n) is 9.08. The van der Waals surface area contributed by atoms with E-state index in [-0.39, 0.29) is 18.5 Å². The number of amides is 2. The second-order valence-corrected chi connectivity index (χ2v) is 12.2. The molecule has 0 heterocycles. The third-order valence-corrected chi connectivity index (χ3v) is 8.53. The fraction of sp³-hybridized carbons (Fsp3) is 0.440. The van der Waals surface area contributed by atoms with E-state index in [1.54, 1.807) is 50.2 Å². The van der Waals surface area contributed by atoms with Crippen molar-refractivity contribution < 1.29 is 18.0 Å². The van der Waals surface area contributed by atoms with E-state index in [4.69, 9.17) is 34.8 Å². The molecule has 1 N–H and O–H groups in total. The van der Waals surface area contributed by atoms with Crippen LogP contribution in [0.2, 0.25) is 15.1 Å². The molecule has 1 saturated carbocycles. The Bertz CT molecular complexity index is 1230. The molecule has 36 heavy (non-hydrogen) atoms. The Kier molecular flexibility index (Phi) is 9.55. The molecule has 7 nitrogen and oxygen atoms in total. The molecule has 2 aromatic carbocycles. The van der Waals surface area contributed by atoms with Gasteiger partial charge in [-0.15, -0.1) is 0 Å². The quantitative estimate of drug-likeness (QED) is 0.446. The summed E-state index contributed by atoms with van der Waals surface area (Å²) >= 11 is 18.6. The summed E-state index contributed by atoms with van der Waals surface area (Å²) < 4.78 is 26.5. The molecule has 11 heteroatoms. The van der Waals surface area contributed by atoms with Gasteiger partial charge in [-0.1, -0.05) is 59.8 Å². The maximum absolute atomic E-state index is 13.7. The summed E-state index contributed by atoms with van der Waals surface area (Å²) in [5.74, 6) is -0.856. The van der Waals surface area contributed by atoms with Crippen molar-refractivity contribution in [1.29, 1.82) is 0 Å². The lowest BCUT2D eigenvalue weighted by Crippen LogP contribution is -2.52. The third kappa shape index (κ3) is 7.06. The lowest BCUT2D eigenvalue weighted by molar-refractivity contribution is -0.139. The average Bonchev–Trinajstić information content (AvgIpc) is 3.31. The van der Waals surface area contributed by atoms with Gasteiger partial charge in [0.1, 0.15) is 12.6 Å². The highest BCUT2D eigenvalue weighted by atomic mass is 35.5. The molecule has 0 aromatic heterocycles. The molecular weight excluding hydrogens is 545 g/mol. The lowest BCUT2D eigenvalue weighted by Gasteiger charge is -2.32. The van der Waals surface area contributed by atoms with E-state index in [0.717, 1.165) is 36.2 Å². The number of anilines is 1. The lowest BCUT2D eigenvalue weighted by atomic mass is 10.1. The normalized spacial score (nSPS) is 14.9. The van der Waals surface area contributed by atoms with Crippen molar-refractivity contribution in [1.82, 2.24) is 10.2 Å². The first-order valence-corrected chi connectivity index (χ1v) is 14.6. The van der Waals surface area contributed by atoms with Crippen molar-refractivity contribution in [3.63, 3.8) is 0 Å². The molecule has 196 valence electrons. The van der Waals surface area contributed by atoms with Gasteiger partial charge in [-0.25, -0.2) is 8.42 Å². The fourth-order valence-electron chi connectivity index (χ4n) is 4.27. The predicted molar refractivity (Wildman–Crippen MR) is 145 cm³/mol. The molecule has 1 aliphatic carbocycles. The van der Waals surface area contributed by atoms with Crippen LogP contribution in [0.3, 0.4) is 0 Å². The largest absolute Gasteiger partial charge is 0.352 e. The molecule has 0 radical (unpaired) electrons. The Morgan fingerprint density at radius 3 is 2.36 bits per heavy atom. The number of hydrogen-bond donors (Lipinski definition) is 1. The van der Waals surface area contributed by atoms with Gasteiger partial charge in [0.05, 0.1) is 11.9 Å². The maximum Gasteiger partial charge on any atom is 0.244 e. The molecule has 2 amide bonds. The van der Waals surface area contributed by atoms with Crippen molar-refractivity contribution in [2.45, 2.75) is 58.2 Å². The number of rotatable bonds is 9. The monoisotopic (exact) mass is 573 g/mol. The number of sulfonamides is 1. The molecule has 3 rings (SSSR count). The smallest absolute Gasteiger partial charge is 0.244 e. The Morgan fingerprint density at radius 2 is 1.75 bits per heavy atom. The topological polar surface area (TPSA) is 86.8 Å². The van der Waals surface area contributed by atoms with Crippen LogP contribution in [0.4, 0.5) is 5.69 Å². The summed E-state index contributed by atoms with van der Waals surface area (Å²) in [6.45, 7) is 2.80. The molecule has 0 aliphatic heterocycles. The number of carbonyl (C=O) groups is 2. The van der Waals surface area contributed by atoms with Crippen molar-refractivity contribution in [3.05, 3.63) is 62.6 Å². The maximum atomic E-state index is 13.7. The minimum atomic E-state index is -3.85. The van der Waals surface area contributed by atoms with Crippen molar-refractivity contribution in [2.75, 3.05) is 17.1 Å². The van der Waals surface area contributed by atoms with E-state index < -0.39 is 28.5 Å². The highest BCUT2D eigenvalue weighted by Crippen LogP contribution is 2.29. The van der Waals surface area contributed by atoms with E-state index in [9.17, 15) is 18.0 Å². The molecule has 0 bridgehead atoms. The zero-order chi connectivity index (χ0) is 26.6. The minimum Gasteiger partial charge on any atom is -0.352 e. The van der Waals surface area contributed by atoms with Crippen LogP contribution in [0.15, 0.2) is 36.4 Å². The molecule has 1 aliphatic rings. The van der Waals surface area contributed by atoms with Gasteiger partial charge in [-0.05, 0) is 62.1 Å². The van der Waals surface area contributed by atoms with Crippen LogP contribution in [0.5, 0.6) is 0 Å². The second kappa shape index (κ2) is 12.0. The van der Waals surface area contributed by atoms with Crippen LogP contribution in [0, 0.1) is 6.92 Å². The van der Waals surface area contributed by atoms with E-state index in [1.807, 2.05) is 0 Å². The van der Waals surface area contributed by atoms with Crippen LogP contribution < -0.4 is 9.62 Å². The van der Waals surface area contributed by atoms with Crippen molar-refractivity contribution >= 4 is 62.3 Å². The van der Waals surface area contributed by atoms with Gasteiger partial charge in [0, 0.05) is 27.7 Å². The summed E-state index contributed by atoms with van der Waals surface area (Å²) in [6, 6.07) is 8.94. The Hall–Kier alpha value is -2.00. The predicted octanol–water partition coefficient (Wildman–Crippen LogP) is 5.20. The number of hydrogen-bond acceptors (Lipinski definition) is 4. The highest BCUT2D eigenvalue weighted by Gasteiger charge is 2.32. The van der Waals surface area contributed by atoms with Crippen LogP contribution in [-0.2, 0) is 26.2 Å². The first-order valence-electron chi connectivity index (χ1n) is 11.6. The molecule has 0 saturated heterocycles. The van der Waals surface area contributed by atoms with Gasteiger partial charge in [-0.2, -0.15) is 0 Å². The van der Waals surface area contributed by atoms with Gasteiger partial charge >= 0.3 is 0 Å². The van der Waals surface area contributed by atoms with Gasteiger partial charge < -0.3 is 10.2 Å². The summed E-state index contributed by atoms with van der Waals surface area (Å²) in [6.07, 6.45) is 4.91. The summed E-state index contributed by atoms with van der Waals surface area (Å²) in [5, 5.41) is 4.18. The molecule has 1 atom stereocenters. The molecule has 0 spiro atoms. The number of benzene rings is 2.